The van der Waals surface area contributed by atoms with Crippen LogP contribution in [0.3, 0.4) is 0 Å². The highest BCUT2D eigenvalue weighted by Crippen LogP contribution is 2.43. The average Bonchev–Trinajstić information content (AvgIpc) is 2.73. The van der Waals surface area contributed by atoms with Gasteiger partial charge in [0.1, 0.15) is 0 Å². The van der Waals surface area contributed by atoms with E-state index in [0.717, 1.165) is 0 Å². The molecule has 0 radical (unpaired) electrons. The maximum absolute atomic E-state index is 10.8. The van der Waals surface area contributed by atoms with Crippen molar-refractivity contribution in [3.63, 3.8) is 0 Å². The van der Waals surface area contributed by atoms with Crippen molar-refractivity contribution in [1.29, 1.82) is 0 Å². The van der Waals surface area contributed by atoms with E-state index in [9.17, 15) is 4.79 Å². The molecule has 68 valence electrons. The van der Waals surface area contributed by atoms with Crippen LogP contribution in [-0.4, -0.2) is 13.1 Å². The third-order valence-electron chi connectivity index (χ3n) is 2.89. The molecule has 1 saturated carbocycles. The van der Waals surface area contributed by atoms with Gasteiger partial charge in [-0.05, 0) is 24.7 Å². The van der Waals surface area contributed by atoms with Crippen molar-refractivity contribution in [3.05, 3.63) is 12.2 Å². The average molecular weight is 176 g/mol. The first-order chi connectivity index (χ1) is 6.31. The van der Waals surface area contributed by atoms with E-state index in [4.69, 9.17) is 0 Å². The predicted octanol–water partition coefficient (Wildman–Crippen LogP) is 1.38. The van der Waals surface area contributed by atoms with Crippen molar-refractivity contribution >= 4 is 5.97 Å². The Balaban J connectivity index is 2.03. The number of methoxy groups -OCH3 is 1. The molecule has 0 aromatic rings. The van der Waals surface area contributed by atoms with Gasteiger partial charge in [0, 0.05) is 11.8 Å². The summed E-state index contributed by atoms with van der Waals surface area (Å²) in [6.45, 7) is 0. The maximum atomic E-state index is 10.8. The van der Waals surface area contributed by atoms with Gasteiger partial charge < -0.3 is 4.74 Å². The first-order valence-electron chi connectivity index (χ1n) is 4.59. The molecule has 0 saturated heterocycles. The lowest BCUT2D eigenvalue weighted by Crippen LogP contribution is -2.05. The minimum Gasteiger partial charge on any atom is -0.459 e. The molecule has 2 atom stereocenters. The van der Waals surface area contributed by atoms with E-state index < -0.39 is 5.97 Å². The zero-order chi connectivity index (χ0) is 9.26. The Morgan fingerprint density at radius 2 is 2.00 bits per heavy atom. The van der Waals surface area contributed by atoms with Crippen LogP contribution in [0, 0.1) is 29.6 Å². The first kappa shape index (κ1) is 8.37. The quantitative estimate of drug-likeness (QED) is 0.241. The van der Waals surface area contributed by atoms with Crippen molar-refractivity contribution in [1.82, 2.24) is 0 Å². The number of carbonyl (C=O) groups is 1. The van der Waals surface area contributed by atoms with E-state index in [-0.39, 0.29) is 0 Å². The zero-order valence-electron chi connectivity index (χ0n) is 7.62. The molecule has 0 aliphatic heterocycles. The van der Waals surface area contributed by atoms with E-state index in [1.165, 1.54) is 20.0 Å². The van der Waals surface area contributed by atoms with Crippen LogP contribution in [-0.2, 0) is 9.53 Å². The Morgan fingerprint density at radius 1 is 1.38 bits per heavy atom. The number of ether oxygens (including phenoxy) is 1. The molecule has 2 aliphatic carbocycles. The number of hydrogen-bond donors (Lipinski definition) is 0. The van der Waals surface area contributed by atoms with E-state index in [2.05, 4.69) is 28.7 Å². The minimum absolute atomic E-state index is 0.374. The standard InChI is InChI=1S/C11H12O2/c1-13-11(12)7-6-10-8-2-3-9(10)5-4-8/h2-3,8-10H,4-5H2,1H3. The largest absolute Gasteiger partial charge is 0.459 e. The van der Waals surface area contributed by atoms with Gasteiger partial charge in [-0.2, -0.15) is 0 Å². The van der Waals surface area contributed by atoms with E-state index in [0.29, 0.717) is 17.8 Å². The van der Waals surface area contributed by atoms with Crippen molar-refractivity contribution < 1.29 is 9.53 Å². The Morgan fingerprint density at radius 3 is 2.46 bits per heavy atom. The summed E-state index contributed by atoms with van der Waals surface area (Å²) in [4.78, 5) is 10.8. The molecule has 13 heavy (non-hydrogen) atoms. The van der Waals surface area contributed by atoms with Crippen molar-refractivity contribution in [2.24, 2.45) is 17.8 Å². The van der Waals surface area contributed by atoms with Gasteiger partial charge >= 0.3 is 5.97 Å². The molecule has 1 fully saturated rings. The SMILES string of the molecule is COC(=O)C#CC1C2C=CC1CC2. The summed E-state index contributed by atoms with van der Waals surface area (Å²) in [5.74, 6) is 6.65. The van der Waals surface area contributed by atoms with Gasteiger partial charge in [0.2, 0.25) is 0 Å². The molecule has 2 rings (SSSR count). The Kier molecular flexibility index (Phi) is 2.10. The van der Waals surface area contributed by atoms with E-state index >= 15 is 0 Å². The third-order valence-corrected chi connectivity index (χ3v) is 2.89. The smallest absolute Gasteiger partial charge is 0.384 e. The lowest BCUT2D eigenvalue weighted by Gasteiger charge is -2.05. The molecule has 0 N–H and O–H groups in total. The zero-order valence-corrected chi connectivity index (χ0v) is 7.62. The molecule has 0 aromatic heterocycles. The summed E-state index contributed by atoms with van der Waals surface area (Å²) < 4.78 is 4.47. The number of hydrogen-bond acceptors (Lipinski definition) is 2. The Labute approximate surface area is 78.0 Å². The molecule has 2 unspecified atom stereocenters. The van der Waals surface area contributed by atoms with Crippen LogP contribution < -0.4 is 0 Å². The fraction of sp³-hybridized carbons (Fsp3) is 0.545. The summed E-state index contributed by atoms with van der Waals surface area (Å²) in [6.07, 6.45) is 6.90. The highest BCUT2D eigenvalue weighted by Gasteiger charge is 2.36. The normalized spacial score (nSPS) is 34.1. The number of allylic oxidation sites excluding steroid dienone is 2. The summed E-state index contributed by atoms with van der Waals surface area (Å²) in [5.41, 5.74) is 0. The van der Waals surface area contributed by atoms with Crippen LogP contribution in [0.4, 0.5) is 0 Å². The van der Waals surface area contributed by atoms with Gasteiger partial charge in [-0.15, -0.1) is 0 Å². The predicted molar refractivity (Wildman–Crippen MR) is 48.6 cm³/mol. The van der Waals surface area contributed by atoms with Crippen LogP contribution in [0.1, 0.15) is 12.8 Å². The summed E-state index contributed by atoms with van der Waals surface area (Å²) in [5, 5.41) is 0. The van der Waals surface area contributed by atoms with Crippen LogP contribution in [0.2, 0.25) is 0 Å². The van der Waals surface area contributed by atoms with Crippen molar-refractivity contribution in [3.8, 4) is 11.8 Å². The molecule has 2 aliphatic rings. The topological polar surface area (TPSA) is 26.3 Å². The fourth-order valence-electron chi connectivity index (χ4n) is 2.19. The summed E-state index contributed by atoms with van der Waals surface area (Å²) >= 11 is 0. The van der Waals surface area contributed by atoms with Gasteiger partial charge in [-0.25, -0.2) is 4.79 Å². The number of esters is 1. The van der Waals surface area contributed by atoms with E-state index in [1.54, 1.807) is 0 Å². The molecular weight excluding hydrogens is 164 g/mol. The van der Waals surface area contributed by atoms with Gasteiger partial charge in [0.15, 0.2) is 0 Å². The van der Waals surface area contributed by atoms with Crippen LogP contribution >= 0.6 is 0 Å². The monoisotopic (exact) mass is 176 g/mol. The third kappa shape index (κ3) is 1.47. The first-order valence-corrected chi connectivity index (χ1v) is 4.59. The lowest BCUT2D eigenvalue weighted by atomic mass is 9.97. The van der Waals surface area contributed by atoms with Gasteiger partial charge in [-0.1, -0.05) is 18.1 Å². The molecule has 2 heteroatoms. The van der Waals surface area contributed by atoms with E-state index in [1.807, 2.05) is 0 Å². The second-order valence-corrected chi connectivity index (χ2v) is 3.58. The van der Waals surface area contributed by atoms with Gasteiger partial charge in [0.05, 0.1) is 7.11 Å². The minimum atomic E-state index is -0.425. The number of fused-ring (bicyclic) bond motifs is 2. The Bertz CT molecular complexity index is 292. The molecule has 2 nitrogen and oxygen atoms in total. The molecule has 0 spiro atoms. The van der Waals surface area contributed by atoms with Crippen LogP contribution in [0.5, 0.6) is 0 Å². The summed E-state index contributed by atoms with van der Waals surface area (Å²) in [7, 11) is 1.36. The molecule has 0 aromatic carbocycles. The maximum Gasteiger partial charge on any atom is 0.384 e. The molecule has 0 amide bonds. The fourth-order valence-corrected chi connectivity index (χ4v) is 2.19. The van der Waals surface area contributed by atoms with Crippen LogP contribution in [0.25, 0.3) is 0 Å². The Hall–Kier alpha value is -1.23. The van der Waals surface area contributed by atoms with Crippen LogP contribution in [0.15, 0.2) is 12.2 Å². The number of rotatable bonds is 0. The highest BCUT2D eigenvalue weighted by atomic mass is 16.5. The van der Waals surface area contributed by atoms with Gasteiger partial charge in [-0.3, -0.25) is 0 Å². The second-order valence-electron chi connectivity index (χ2n) is 3.58. The second kappa shape index (κ2) is 3.26. The van der Waals surface area contributed by atoms with Crippen molar-refractivity contribution in [2.45, 2.75) is 12.8 Å². The molecular formula is C11H12O2. The molecule has 2 bridgehead atoms. The lowest BCUT2D eigenvalue weighted by molar-refractivity contribution is -0.133. The van der Waals surface area contributed by atoms with Crippen molar-refractivity contribution in [2.75, 3.05) is 7.11 Å². The summed E-state index contributed by atoms with van der Waals surface area (Å²) in [6, 6.07) is 0. The number of carbonyl (C=O) groups excluding carboxylic acids is 1. The molecule has 0 heterocycles. The van der Waals surface area contributed by atoms with Gasteiger partial charge in [0.25, 0.3) is 0 Å². The highest BCUT2D eigenvalue weighted by molar-refractivity contribution is 5.88.